The van der Waals surface area contributed by atoms with Crippen LogP contribution >= 0.6 is 0 Å². The molecular formula is C14H27NO. The Bertz CT molecular complexity index is 207. The van der Waals surface area contributed by atoms with Crippen LogP contribution in [-0.2, 0) is 4.74 Å². The lowest BCUT2D eigenvalue weighted by Crippen LogP contribution is -2.33. The molecule has 2 nitrogen and oxygen atoms in total. The van der Waals surface area contributed by atoms with Gasteiger partial charge in [0, 0.05) is 20.3 Å². The van der Waals surface area contributed by atoms with Crippen LogP contribution in [0.2, 0.25) is 0 Å². The molecule has 1 N–H and O–H groups in total. The van der Waals surface area contributed by atoms with E-state index in [1.807, 2.05) is 0 Å². The zero-order chi connectivity index (χ0) is 11.4. The maximum Gasteiger partial charge on any atom is 0.0462 e. The second-order valence-electron chi connectivity index (χ2n) is 5.89. The van der Waals surface area contributed by atoms with Gasteiger partial charge in [-0.1, -0.05) is 13.3 Å². The summed E-state index contributed by atoms with van der Waals surface area (Å²) in [6.07, 6.45) is 8.52. The zero-order valence-corrected chi connectivity index (χ0v) is 10.9. The third-order valence-electron chi connectivity index (χ3n) is 4.52. The molecule has 0 bridgehead atoms. The van der Waals surface area contributed by atoms with Gasteiger partial charge in [0.1, 0.15) is 0 Å². The molecule has 2 aliphatic rings. The molecule has 0 aromatic heterocycles. The Morgan fingerprint density at radius 2 is 2.00 bits per heavy atom. The Kier molecular flexibility index (Phi) is 4.26. The van der Waals surface area contributed by atoms with E-state index in [1.54, 1.807) is 7.11 Å². The number of fused-ring (bicyclic) bond motifs is 1. The molecule has 2 heteroatoms. The van der Waals surface area contributed by atoms with Crippen LogP contribution in [0.15, 0.2) is 0 Å². The average Bonchev–Trinajstić information content (AvgIpc) is 2.91. The lowest BCUT2D eigenvalue weighted by molar-refractivity contribution is 0.175. The molecule has 2 fully saturated rings. The average molecular weight is 225 g/mol. The summed E-state index contributed by atoms with van der Waals surface area (Å²) >= 11 is 0. The summed E-state index contributed by atoms with van der Waals surface area (Å²) in [6, 6.07) is 0. The summed E-state index contributed by atoms with van der Waals surface area (Å²) in [5, 5.41) is 3.58. The zero-order valence-electron chi connectivity index (χ0n) is 10.9. The lowest BCUT2D eigenvalue weighted by Gasteiger charge is -2.31. The Balaban J connectivity index is 1.74. The number of nitrogens with one attached hydrogen (secondary N) is 1. The minimum absolute atomic E-state index is 0.650. The van der Waals surface area contributed by atoms with E-state index in [-0.39, 0.29) is 0 Å². The second-order valence-corrected chi connectivity index (χ2v) is 5.89. The highest BCUT2D eigenvalue weighted by atomic mass is 16.5. The molecule has 2 rings (SSSR count). The first-order valence-corrected chi connectivity index (χ1v) is 6.99. The first kappa shape index (κ1) is 12.4. The number of hydrogen-bond donors (Lipinski definition) is 1. The standard InChI is InChI=1S/C14H27NO/c1-3-15-11-14(6-4-5-7-16-2)9-12-8-13(12)10-14/h12-13,15H,3-11H2,1-2H3. The molecule has 2 saturated carbocycles. The van der Waals surface area contributed by atoms with E-state index in [2.05, 4.69) is 12.2 Å². The van der Waals surface area contributed by atoms with Crippen LogP contribution in [0.25, 0.3) is 0 Å². The molecule has 0 radical (unpaired) electrons. The quantitative estimate of drug-likeness (QED) is 0.641. The van der Waals surface area contributed by atoms with Gasteiger partial charge in [-0.05, 0) is 55.9 Å². The van der Waals surface area contributed by atoms with E-state index < -0.39 is 0 Å². The summed E-state index contributed by atoms with van der Waals surface area (Å²) in [5.41, 5.74) is 0.650. The van der Waals surface area contributed by atoms with E-state index in [0.29, 0.717) is 5.41 Å². The van der Waals surface area contributed by atoms with Crippen LogP contribution in [-0.4, -0.2) is 26.8 Å². The van der Waals surface area contributed by atoms with E-state index in [0.717, 1.165) is 25.0 Å². The van der Waals surface area contributed by atoms with Gasteiger partial charge in [-0.2, -0.15) is 0 Å². The number of methoxy groups -OCH3 is 1. The van der Waals surface area contributed by atoms with Crippen molar-refractivity contribution >= 4 is 0 Å². The molecule has 0 spiro atoms. The van der Waals surface area contributed by atoms with Crippen molar-refractivity contribution in [3.05, 3.63) is 0 Å². The molecule has 0 aromatic carbocycles. The summed E-state index contributed by atoms with van der Waals surface area (Å²) in [6.45, 7) is 5.52. The second kappa shape index (κ2) is 5.50. The molecule has 0 aliphatic heterocycles. The predicted molar refractivity (Wildman–Crippen MR) is 67.5 cm³/mol. The minimum atomic E-state index is 0.650. The summed E-state index contributed by atoms with van der Waals surface area (Å²) < 4.78 is 5.13. The molecule has 0 amide bonds. The van der Waals surface area contributed by atoms with Crippen molar-refractivity contribution in [3.8, 4) is 0 Å². The third-order valence-corrected chi connectivity index (χ3v) is 4.52. The molecule has 2 aliphatic carbocycles. The van der Waals surface area contributed by atoms with Crippen molar-refractivity contribution in [1.29, 1.82) is 0 Å². The van der Waals surface area contributed by atoms with Crippen molar-refractivity contribution in [1.82, 2.24) is 5.32 Å². The summed E-state index contributed by atoms with van der Waals surface area (Å²) in [5.74, 6) is 2.20. The van der Waals surface area contributed by atoms with Gasteiger partial charge in [-0.25, -0.2) is 0 Å². The Labute approximate surface area is 100 Å². The van der Waals surface area contributed by atoms with Gasteiger partial charge in [0.2, 0.25) is 0 Å². The maximum atomic E-state index is 5.13. The summed E-state index contributed by atoms with van der Waals surface area (Å²) in [4.78, 5) is 0. The van der Waals surface area contributed by atoms with E-state index in [1.165, 1.54) is 45.1 Å². The third kappa shape index (κ3) is 2.98. The fraction of sp³-hybridized carbons (Fsp3) is 1.00. The monoisotopic (exact) mass is 225 g/mol. The first-order valence-electron chi connectivity index (χ1n) is 6.99. The van der Waals surface area contributed by atoms with Crippen molar-refractivity contribution in [2.24, 2.45) is 17.3 Å². The van der Waals surface area contributed by atoms with Crippen molar-refractivity contribution in [2.75, 3.05) is 26.8 Å². The molecule has 0 saturated heterocycles. The highest BCUT2D eigenvalue weighted by Crippen LogP contribution is 2.61. The first-order chi connectivity index (χ1) is 7.79. The van der Waals surface area contributed by atoms with Gasteiger partial charge in [0.05, 0.1) is 0 Å². The summed E-state index contributed by atoms with van der Waals surface area (Å²) in [7, 11) is 1.80. The fourth-order valence-corrected chi connectivity index (χ4v) is 3.58. The molecule has 0 heterocycles. The highest BCUT2D eigenvalue weighted by Gasteiger charge is 2.52. The topological polar surface area (TPSA) is 21.3 Å². The fourth-order valence-electron chi connectivity index (χ4n) is 3.58. The number of hydrogen-bond acceptors (Lipinski definition) is 2. The minimum Gasteiger partial charge on any atom is -0.385 e. The predicted octanol–water partition coefficient (Wildman–Crippen LogP) is 2.83. The van der Waals surface area contributed by atoms with Crippen LogP contribution in [0.5, 0.6) is 0 Å². The van der Waals surface area contributed by atoms with E-state index in [9.17, 15) is 0 Å². The highest BCUT2D eigenvalue weighted by molar-refractivity contribution is 5.03. The van der Waals surface area contributed by atoms with Gasteiger partial charge in [0.15, 0.2) is 0 Å². The van der Waals surface area contributed by atoms with Gasteiger partial charge in [-0.15, -0.1) is 0 Å². The van der Waals surface area contributed by atoms with Crippen LogP contribution in [0.3, 0.4) is 0 Å². The maximum absolute atomic E-state index is 5.13. The molecule has 94 valence electrons. The van der Waals surface area contributed by atoms with E-state index in [4.69, 9.17) is 4.74 Å². The molecule has 2 atom stereocenters. The van der Waals surface area contributed by atoms with Gasteiger partial charge < -0.3 is 10.1 Å². The number of rotatable bonds is 8. The Morgan fingerprint density at radius 1 is 1.25 bits per heavy atom. The van der Waals surface area contributed by atoms with Crippen LogP contribution in [0.1, 0.15) is 45.4 Å². The van der Waals surface area contributed by atoms with Crippen molar-refractivity contribution in [3.63, 3.8) is 0 Å². The molecule has 0 aromatic rings. The van der Waals surface area contributed by atoms with Crippen molar-refractivity contribution in [2.45, 2.75) is 45.4 Å². The largest absolute Gasteiger partial charge is 0.385 e. The number of unbranched alkanes of at least 4 members (excludes halogenated alkanes) is 1. The van der Waals surface area contributed by atoms with Gasteiger partial charge in [-0.3, -0.25) is 0 Å². The van der Waals surface area contributed by atoms with Crippen LogP contribution in [0.4, 0.5) is 0 Å². The normalized spacial score (nSPS) is 36.4. The Hall–Kier alpha value is -0.0800. The molecule has 16 heavy (non-hydrogen) atoms. The molecule has 2 unspecified atom stereocenters. The Morgan fingerprint density at radius 3 is 2.62 bits per heavy atom. The SMILES string of the molecule is CCNCC1(CCCCOC)CC2CC2C1. The lowest BCUT2D eigenvalue weighted by atomic mass is 9.78. The molecular weight excluding hydrogens is 198 g/mol. The number of ether oxygens (including phenoxy) is 1. The van der Waals surface area contributed by atoms with Crippen molar-refractivity contribution < 1.29 is 4.74 Å². The van der Waals surface area contributed by atoms with E-state index >= 15 is 0 Å². The van der Waals surface area contributed by atoms with Gasteiger partial charge in [0.25, 0.3) is 0 Å². The van der Waals surface area contributed by atoms with Crippen LogP contribution in [0, 0.1) is 17.3 Å². The van der Waals surface area contributed by atoms with Crippen LogP contribution < -0.4 is 5.32 Å². The smallest absolute Gasteiger partial charge is 0.0462 e. The van der Waals surface area contributed by atoms with Gasteiger partial charge >= 0.3 is 0 Å².